The summed E-state index contributed by atoms with van der Waals surface area (Å²) in [7, 11) is 0. The van der Waals surface area contributed by atoms with Gasteiger partial charge in [-0.05, 0) is 39.2 Å². The summed E-state index contributed by atoms with van der Waals surface area (Å²) in [6.45, 7) is 5.77. The van der Waals surface area contributed by atoms with Crippen molar-refractivity contribution in [2.24, 2.45) is 5.73 Å². The number of thioether (sulfide) groups is 1. The molecule has 0 spiro atoms. The van der Waals surface area contributed by atoms with Gasteiger partial charge in [-0.25, -0.2) is 9.59 Å². The zero-order chi connectivity index (χ0) is 27.4. The highest BCUT2D eigenvalue weighted by Crippen LogP contribution is 2.37. The lowest BCUT2D eigenvalue weighted by Crippen LogP contribution is -2.58. The number of likely N-dealkylation sites (tertiary alicyclic amines) is 1. The Morgan fingerprint density at radius 3 is 2.32 bits per heavy atom. The van der Waals surface area contributed by atoms with E-state index in [4.69, 9.17) is 10.5 Å². The standard InChI is InChI=1S/C25H34N4O7S/c1-24(2,3)36-23(35)29-15-37-14-18(29)20(31)28-11-9-25(10-12-28,16-7-5-4-6-8-16)22(34)27-17(21(32)33)13-19(26)30/h4-8,17-18H,9-15H2,1-3H3,(H2,26,30)(H,27,34)(H,32,33)/t17-,18-/m1/s1. The van der Waals surface area contributed by atoms with Crippen molar-refractivity contribution in [2.45, 2.75) is 63.1 Å². The monoisotopic (exact) mass is 534 g/mol. The first-order chi connectivity index (χ1) is 17.3. The second kappa shape index (κ2) is 11.4. The zero-order valence-corrected chi connectivity index (χ0v) is 22.1. The van der Waals surface area contributed by atoms with Gasteiger partial charge in [0.15, 0.2) is 0 Å². The first kappa shape index (κ1) is 28.3. The molecule has 0 bridgehead atoms. The van der Waals surface area contributed by atoms with Crippen LogP contribution in [0.2, 0.25) is 0 Å². The molecule has 3 rings (SSSR count). The molecule has 0 saturated carbocycles. The van der Waals surface area contributed by atoms with E-state index < -0.39 is 53.4 Å². The summed E-state index contributed by atoms with van der Waals surface area (Å²) in [6, 6.07) is 6.85. The number of ether oxygens (including phenoxy) is 1. The number of primary amides is 1. The average Bonchev–Trinajstić information content (AvgIpc) is 3.32. The second-order valence-corrected chi connectivity index (χ2v) is 11.3. The van der Waals surface area contributed by atoms with Gasteiger partial charge in [-0.3, -0.25) is 19.3 Å². The Bertz CT molecular complexity index is 1040. The van der Waals surface area contributed by atoms with E-state index in [2.05, 4.69) is 5.32 Å². The van der Waals surface area contributed by atoms with Crippen LogP contribution in [0.5, 0.6) is 0 Å². The molecule has 1 aromatic rings. The van der Waals surface area contributed by atoms with E-state index in [1.54, 1.807) is 49.9 Å². The molecule has 4 N–H and O–H groups in total. The van der Waals surface area contributed by atoms with E-state index in [1.807, 2.05) is 6.07 Å². The number of hydrogen-bond donors (Lipinski definition) is 3. The van der Waals surface area contributed by atoms with Crippen LogP contribution in [0, 0.1) is 0 Å². The minimum atomic E-state index is -1.46. The van der Waals surface area contributed by atoms with Crippen LogP contribution < -0.4 is 11.1 Å². The molecule has 2 aliphatic rings. The van der Waals surface area contributed by atoms with Gasteiger partial charge in [0.25, 0.3) is 0 Å². The van der Waals surface area contributed by atoms with Crippen molar-refractivity contribution < 1.29 is 33.8 Å². The Morgan fingerprint density at radius 2 is 1.78 bits per heavy atom. The lowest BCUT2D eigenvalue weighted by molar-refractivity contribution is -0.145. The molecular formula is C25H34N4O7S. The van der Waals surface area contributed by atoms with Gasteiger partial charge in [-0.2, -0.15) is 0 Å². The molecule has 0 aliphatic carbocycles. The van der Waals surface area contributed by atoms with Gasteiger partial charge < -0.3 is 25.8 Å². The normalized spacial score (nSPS) is 20.1. The average molecular weight is 535 g/mol. The van der Waals surface area contributed by atoms with Crippen molar-refractivity contribution in [2.75, 3.05) is 24.7 Å². The second-order valence-electron chi connectivity index (χ2n) is 10.3. The molecule has 202 valence electrons. The molecule has 2 saturated heterocycles. The molecule has 2 aliphatic heterocycles. The maximum absolute atomic E-state index is 13.5. The van der Waals surface area contributed by atoms with Gasteiger partial charge in [0.2, 0.25) is 17.7 Å². The largest absolute Gasteiger partial charge is 0.480 e. The Balaban J connectivity index is 1.77. The third-order valence-corrected chi connectivity index (χ3v) is 7.51. The third-order valence-electron chi connectivity index (χ3n) is 6.49. The van der Waals surface area contributed by atoms with E-state index in [1.165, 1.54) is 16.7 Å². The molecule has 11 nitrogen and oxygen atoms in total. The number of carbonyl (C=O) groups is 5. The summed E-state index contributed by atoms with van der Waals surface area (Å²) in [5, 5.41) is 12.0. The van der Waals surface area contributed by atoms with Gasteiger partial charge >= 0.3 is 12.1 Å². The molecule has 2 atom stereocenters. The van der Waals surface area contributed by atoms with Crippen LogP contribution in [-0.4, -0.2) is 87.1 Å². The summed E-state index contributed by atoms with van der Waals surface area (Å²) in [4.78, 5) is 65.6. The molecular weight excluding hydrogens is 500 g/mol. The van der Waals surface area contributed by atoms with E-state index in [9.17, 15) is 29.1 Å². The van der Waals surface area contributed by atoms with E-state index >= 15 is 0 Å². The summed E-state index contributed by atoms with van der Waals surface area (Å²) in [5.41, 5.74) is 4.07. The van der Waals surface area contributed by atoms with Crippen molar-refractivity contribution in [3.8, 4) is 0 Å². The maximum atomic E-state index is 13.5. The summed E-state index contributed by atoms with van der Waals surface area (Å²) < 4.78 is 5.46. The van der Waals surface area contributed by atoms with Gasteiger partial charge in [-0.15, -0.1) is 11.8 Å². The number of carboxylic acid groups (broad SMARTS) is 1. The molecule has 4 amide bonds. The van der Waals surface area contributed by atoms with E-state index in [-0.39, 0.29) is 31.8 Å². The summed E-state index contributed by atoms with van der Waals surface area (Å²) >= 11 is 1.47. The smallest absolute Gasteiger partial charge is 0.411 e. The number of hydrogen-bond acceptors (Lipinski definition) is 7. The van der Waals surface area contributed by atoms with Crippen LogP contribution in [-0.2, 0) is 29.3 Å². The van der Waals surface area contributed by atoms with E-state index in [0.717, 1.165) is 0 Å². The Kier molecular flexibility index (Phi) is 8.72. The predicted molar refractivity (Wildman–Crippen MR) is 136 cm³/mol. The zero-order valence-electron chi connectivity index (χ0n) is 21.3. The number of rotatable bonds is 7. The summed E-state index contributed by atoms with van der Waals surface area (Å²) in [5.74, 6) is -2.14. The number of carboxylic acids is 1. The number of nitrogens with two attached hydrogens (primary N) is 1. The minimum absolute atomic E-state index is 0.213. The fourth-order valence-corrected chi connectivity index (χ4v) is 5.70. The van der Waals surface area contributed by atoms with Crippen LogP contribution in [0.4, 0.5) is 4.79 Å². The number of nitrogens with one attached hydrogen (secondary N) is 1. The highest BCUT2D eigenvalue weighted by atomic mass is 32.2. The lowest BCUT2D eigenvalue weighted by atomic mass is 9.71. The van der Waals surface area contributed by atoms with Gasteiger partial charge in [-0.1, -0.05) is 30.3 Å². The topological polar surface area (TPSA) is 159 Å². The molecule has 0 radical (unpaired) electrons. The quantitative estimate of drug-likeness (QED) is 0.472. The molecule has 2 heterocycles. The molecule has 2 fully saturated rings. The van der Waals surface area contributed by atoms with Crippen LogP contribution in [0.15, 0.2) is 30.3 Å². The van der Waals surface area contributed by atoms with Crippen LogP contribution in [0.1, 0.15) is 45.6 Å². The van der Waals surface area contributed by atoms with Crippen LogP contribution >= 0.6 is 11.8 Å². The Morgan fingerprint density at radius 1 is 1.16 bits per heavy atom. The molecule has 0 aromatic heterocycles. The van der Waals surface area contributed by atoms with Crippen molar-refractivity contribution in [3.05, 3.63) is 35.9 Å². The molecule has 0 unspecified atom stereocenters. The number of benzene rings is 1. The predicted octanol–water partition coefficient (Wildman–Crippen LogP) is 1.30. The molecule has 12 heteroatoms. The van der Waals surface area contributed by atoms with Gasteiger partial charge in [0.05, 0.1) is 17.7 Å². The number of aliphatic carboxylic acids is 1. The highest BCUT2D eigenvalue weighted by Gasteiger charge is 2.47. The fourth-order valence-electron chi connectivity index (χ4n) is 4.57. The van der Waals surface area contributed by atoms with Crippen molar-refractivity contribution in [1.29, 1.82) is 0 Å². The van der Waals surface area contributed by atoms with Crippen molar-refractivity contribution in [3.63, 3.8) is 0 Å². The fraction of sp³-hybridized carbons (Fsp3) is 0.560. The third kappa shape index (κ3) is 6.73. The first-order valence-electron chi connectivity index (χ1n) is 12.1. The Hall–Kier alpha value is -3.28. The van der Waals surface area contributed by atoms with Crippen LogP contribution in [0.25, 0.3) is 0 Å². The van der Waals surface area contributed by atoms with Gasteiger partial charge in [0, 0.05) is 18.8 Å². The maximum Gasteiger partial charge on any atom is 0.411 e. The Labute approximate surface area is 220 Å². The van der Waals surface area contributed by atoms with E-state index in [0.29, 0.717) is 17.2 Å². The van der Waals surface area contributed by atoms with Crippen molar-refractivity contribution in [1.82, 2.24) is 15.1 Å². The minimum Gasteiger partial charge on any atom is -0.480 e. The first-order valence-corrected chi connectivity index (χ1v) is 13.2. The summed E-state index contributed by atoms with van der Waals surface area (Å²) in [6.07, 6.45) is -0.593. The lowest BCUT2D eigenvalue weighted by Gasteiger charge is -2.42. The van der Waals surface area contributed by atoms with Crippen LogP contribution in [0.3, 0.4) is 0 Å². The van der Waals surface area contributed by atoms with Gasteiger partial charge in [0.1, 0.15) is 17.7 Å². The number of nitrogens with zero attached hydrogens (tertiary/aromatic N) is 2. The molecule has 37 heavy (non-hydrogen) atoms. The SMILES string of the molecule is CC(C)(C)OC(=O)N1CSC[C@@H]1C(=O)N1CCC(C(=O)N[C@H](CC(N)=O)C(=O)O)(c2ccccc2)CC1. The number of amides is 4. The number of carbonyl (C=O) groups excluding carboxylic acids is 4. The van der Waals surface area contributed by atoms with Crippen molar-refractivity contribution >= 4 is 41.5 Å². The number of piperidine rings is 1. The molecule has 1 aromatic carbocycles. The highest BCUT2D eigenvalue weighted by molar-refractivity contribution is 7.99.